The standard InChI is InChI=1S/C29H20ClN5O9/c1-44-13-7-12(36)15-16(21(13)37)23(39)18-17(22(15)38)25(41)29(26(18)42)3-2-10-19(29)24(40)14-11(20(10)30)6-9(34-27(14)43)8-33-35-28-31-4-5-32-28/h6-8,38-40H,2-5H2,1H3,(H,34,43)(H2,31,32,35)/b33-8+/t29-/m0/s1. The van der Waals surface area contributed by atoms with Gasteiger partial charge in [-0.2, -0.15) is 5.10 Å². The number of nitrogens with one attached hydrogen (secondary N) is 3. The molecule has 1 aliphatic heterocycles. The minimum Gasteiger partial charge on any atom is -0.507 e. The number of phenols is 3. The molecule has 2 heterocycles. The highest BCUT2D eigenvalue weighted by molar-refractivity contribution is 6.41. The van der Waals surface area contributed by atoms with Crippen LogP contribution in [-0.4, -0.2) is 75.8 Å². The number of hydrogen-bond donors (Lipinski definition) is 6. The Balaban J connectivity index is 1.40. The predicted molar refractivity (Wildman–Crippen MR) is 154 cm³/mol. The number of hydrazone groups is 1. The molecule has 7 rings (SSSR count). The number of Topliss-reactive ketones (excluding diaryl/α,β-unsaturated/α-hetero) is 3. The van der Waals surface area contributed by atoms with Crippen LogP contribution in [0.15, 0.2) is 32.8 Å². The van der Waals surface area contributed by atoms with Crippen LogP contribution in [0.4, 0.5) is 0 Å². The number of rotatable bonds is 3. The van der Waals surface area contributed by atoms with E-state index < -0.39 is 79.4 Å². The van der Waals surface area contributed by atoms with Gasteiger partial charge in [-0.05, 0) is 24.5 Å². The van der Waals surface area contributed by atoms with E-state index in [0.29, 0.717) is 19.0 Å². The average Bonchev–Trinajstić information content (AvgIpc) is 3.71. The summed E-state index contributed by atoms with van der Waals surface area (Å²) in [5, 5.41) is 40.6. The van der Waals surface area contributed by atoms with Gasteiger partial charge in [0, 0.05) is 23.6 Å². The van der Waals surface area contributed by atoms with Gasteiger partial charge in [-0.3, -0.25) is 24.0 Å². The van der Waals surface area contributed by atoms with Gasteiger partial charge in [-0.15, -0.1) is 0 Å². The lowest BCUT2D eigenvalue weighted by Crippen LogP contribution is -2.36. The van der Waals surface area contributed by atoms with E-state index in [-0.39, 0.29) is 45.5 Å². The maximum absolute atomic E-state index is 14.1. The molecule has 0 saturated carbocycles. The fourth-order valence-corrected chi connectivity index (χ4v) is 6.85. The first kappa shape index (κ1) is 27.3. The van der Waals surface area contributed by atoms with Crippen molar-refractivity contribution < 1.29 is 39.2 Å². The fourth-order valence-electron chi connectivity index (χ4n) is 6.51. The van der Waals surface area contributed by atoms with Gasteiger partial charge in [0.25, 0.3) is 5.56 Å². The largest absolute Gasteiger partial charge is 0.507 e. The highest BCUT2D eigenvalue weighted by atomic mass is 35.5. The number of carbonyl (C=O) groups excluding carboxylic acids is 4. The van der Waals surface area contributed by atoms with E-state index in [1.807, 2.05) is 0 Å². The number of ketones is 4. The van der Waals surface area contributed by atoms with Crippen molar-refractivity contribution in [3.63, 3.8) is 0 Å². The number of guanidine groups is 1. The molecular weight excluding hydrogens is 598 g/mol. The molecule has 44 heavy (non-hydrogen) atoms. The van der Waals surface area contributed by atoms with Gasteiger partial charge in [0.1, 0.15) is 22.7 Å². The summed E-state index contributed by atoms with van der Waals surface area (Å²) in [5.74, 6) is -6.54. The number of pyridine rings is 1. The van der Waals surface area contributed by atoms with Crippen molar-refractivity contribution in [2.75, 3.05) is 20.2 Å². The Morgan fingerprint density at radius 2 is 1.75 bits per heavy atom. The topological polar surface area (TPSA) is 220 Å². The van der Waals surface area contributed by atoms with Crippen LogP contribution in [0, 0.1) is 0 Å². The molecule has 1 atom stereocenters. The predicted octanol–water partition coefficient (Wildman–Crippen LogP) is 1.35. The van der Waals surface area contributed by atoms with Gasteiger partial charge < -0.3 is 30.4 Å². The maximum Gasteiger partial charge on any atom is 0.260 e. The number of halogens is 1. The Labute approximate surface area is 250 Å². The van der Waals surface area contributed by atoms with Crippen LogP contribution >= 0.6 is 11.6 Å². The first-order valence-electron chi connectivity index (χ1n) is 13.3. The minimum absolute atomic E-state index is 0.000877. The highest BCUT2D eigenvalue weighted by Crippen LogP contribution is 2.58. The number of benzene rings is 2. The zero-order valence-corrected chi connectivity index (χ0v) is 23.4. The summed E-state index contributed by atoms with van der Waals surface area (Å²) in [5.41, 5.74) is -2.80. The molecule has 0 bridgehead atoms. The van der Waals surface area contributed by atoms with E-state index in [1.165, 1.54) is 12.3 Å². The lowest BCUT2D eigenvalue weighted by molar-refractivity contribution is 0.0790. The van der Waals surface area contributed by atoms with Crippen molar-refractivity contribution in [1.82, 2.24) is 15.7 Å². The summed E-state index contributed by atoms with van der Waals surface area (Å²) < 4.78 is 4.91. The van der Waals surface area contributed by atoms with Crippen molar-refractivity contribution in [3.05, 3.63) is 72.4 Å². The number of aromatic hydroxyl groups is 3. The number of methoxy groups -OCH3 is 1. The van der Waals surface area contributed by atoms with Crippen LogP contribution in [-0.2, 0) is 16.6 Å². The van der Waals surface area contributed by atoms with Crippen molar-refractivity contribution in [2.45, 2.75) is 18.3 Å². The molecule has 0 saturated heterocycles. The van der Waals surface area contributed by atoms with Gasteiger partial charge in [-0.25, -0.2) is 10.4 Å². The lowest BCUT2D eigenvalue weighted by Gasteiger charge is -2.23. The van der Waals surface area contributed by atoms with Gasteiger partial charge in [0.2, 0.25) is 11.7 Å². The molecule has 0 radical (unpaired) electrons. The van der Waals surface area contributed by atoms with Gasteiger partial charge in [-0.1, -0.05) is 11.6 Å². The summed E-state index contributed by atoms with van der Waals surface area (Å²) in [6, 6.07) is 1.47. The summed E-state index contributed by atoms with van der Waals surface area (Å²) in [4.78, 5) is 74.0. The summed E-state index contributed by atoms with van der Waals surface area (Å²) in [7, 11) is 1.12. The molecule has 14 nitrogen and oxygen atoms in total. The van der Waals surface area contributed by atoms with Crippen LogP contribution in [0.2, 0.25) is 5.02 Å². The van der Waals surface area contributed by atoms with Crippen molar-refractivity contribution in [2.24, 2.45) is 10.1 Å². The first-order valence-corrected chi connectivity index (χ1v) is 13.6. The third-order valence-corrected chi connectivity index (χ3v) is 8.84. The van der Waals surface area contributed by atoms with Gasteiger partial charge in [0.15, 0.2) is 23.1 Å². The van der Waals surface area contributed by atoms with E-state index in [0.717, 1.165) is 13.2 Å². The second-order valence-corrected chi connectivity index (χ2v) is 10.9. The Kier molecular flexibility index (Phi) is 5.75. The van der Waals surface area contributed by atoms with Crippen LogP contribution in [0.3, 0.4) is 0 Å². The Bertz CT molecular complexity index is 2110. The second-order valence-electron chi connectivity index (χ2n) is 10.6. The van der Waals surface area contributed by atoms with Crippen molar-refractivity contribution in [3.8, 4) is 17.2 Å². The van der Waals surface area contributed by atoms with E-state index in [2.05, 4.69) is 25.8 Å². The van der Waals surface area contributed by atoms with Crippen molar-refractivity contribution >= 4 is 57.7 Å². The van der Waals surface area contributed by atoms with E-state index in [9.17, 15) is 39.3 Å². The molecular formula is C29H20ClN5O9. The number of aliphatic imine (C=N–C) groups is 1. The summed E-state index contributed by atoms with van der Waals surface area (Å²) >= 11 is 6.76. The smallest absolute Gasteiger partial charge is 0.260 e. The molecule has 1 aromatic heterocycles. The number of ether oxygens (including phenoxy) is 1. The Hall–Kier alpha value is -5.50. The summed E-state index contributed by atoms with van der Waals surface area (Å²) in [6.07, 6.45) is 1.88. The first-order chi connectivity index (χ1) is 21.0. The molecule has 0 amide bonds. The molecule has 3 aliphatic carbocycles. The highest BCUT2D eigenvalue weighted by Gasteiger charge is 2.62. The number of aromatic nitrogens is 1. The number of hydrogen-bond acceptors (Lipinski definition) is 13. The normalized spacial score (nSPS) is 20.2. The number of carbonyl (C=O) groups is 4. The molecule has 2 aromatic carbocycles. The SMILES string of the molecule is COC1=CC(=O)c2c(O)c3c(c(O)c2C1=O)C(=O)[C@]1(CCc2c1c(O)c1c(=O)[nH]c(/C=N/NC4=NCCN4)cc1c2Cl)C3=O. The quantitative estimate of drug-likeness (QED) is 0.107. The van der Waals surface area contributed by atoms with E-state index >= 15 is 0 Å². The summed E-state index contributed by atoms with van der Waals surface area (Å²) in [6.45, 7) is 1.25. The number of fused-ring (bicyclic) bond motifs is 5. The number of nitrogens with zero attached hydrogens (tertiary/aromatic N) is 2. The third kappa shape index (κ3) is 3.33. The Morgan fingerprint density at radius 1 is 1.05 bits per heavy atom. The molecule has 6 N–H and O–H groups in total. The van der Waals surface area contributed by atoms with E-state index in [4.69, 9.17) is 16.3 Å². The average molecular weight is 618 g/mol. The van der Waals surface area contributed by atoms with Crippen LogP contribution < -0.4 is 16.3 Å². The Morgan fingerprint density at radius 3 is 2.41 bits per heavy atom. The van der Waals surface area contributed by atoms with Crippen LogP contribution in [0.5, 0.6) is 17.2 Å². The third-order valence-electron chi connectivity index (χ3n) is 8.41. The molecule has 15 heteroatoms. The monoisotopic (exact) mass is 617 g/mol. The molecule has 0 fully saturated rings. The molecule has 222 valence electrons. The number of H-pyrrole nitrogens is 1. The zero-order chi connectivity index (χ0) is 31.2. The molecule has 3 aromatic rings. The lowest BCUT2D eigenvalue weighted by atomic mass is 9.76. The maximum atomic E-state index is 14.1. The van der Waals surface area contributed by atoms with Crippen molar-refractivity contribution in [1.29, 1.82) is 0 Å². The van der Waals surface area contributed by atoms with Crippen LogP contribution in [0.1, 0.15) is 64.7 Å². The van der Waals surface area contributed by atoms with Gasteiger partial charge >= 0.3 is 0 Å². The number of phenolic OH excluding ortho intramolecular Hbond substituents is 3. The molecule has 0 unspecified atom stereocenters. The van der Waals surface area contributed by atoms with Crippen LogP contribution in [0.25, 0.3) is 10.8 Å². The second kappa shape index (κ2) is 9.25. The molecule has 4 aliphatic rings. The number of allylic oxidation sites excluding steroid dienone is 2. The number of aromatic amines is 1. The van der Waals surface area contributed by atoms with Gasteiger partial charge in [0.05, 0.1) is 58.2 Å². The fraction of sp³-hybridized carbons (Fsp3) is 0.207. The molecule has 1 spiro atoms. The minimum atomic E-state index is -2.20. The zero-order valence-electron chi connectivity index (χ0n) is 22.6. The van der Waals surface area contributed by atoms with E-state index in [1.54, 1.807) is 0 Å².